The van der Waals surface area contributed by atoms with Crippen molar-refractivity contribution >= 4 is 39.9 Å². The lowest BCUT2D eigenvalue weighted by Gasteiger charge is -2.12. The van der Waals surface area contributed by atoms with Gasteiger partial charge in [-0.3, -0.25) is 10.1 Å². The molecule has 2 heterocycles. The molecule has 4 rings (SSSR count). The van der Waals surface area contributed by atoms with Crippen LogP contribution in [0.5, 0.6) is 0 Å². The average Bonchev–Trinajstić information content (AvgIpc) is 2.84. The number of nitrogens with zero attached hydrogens (tertiary/aromatic N) is 3. The molecule has 0 unspecified atom stereocenters. The number of nitro groups is 1. The molecule has 0 aromatic heterocycles. The van der Waals surface area contributed by atoms with Crippen LogP contribution in [0.25, 0.3) is 33.2 Å². The highest BCUT2D eigenvalue weighted by molar-refractivity contribution is 6.00. The first kappa shape index (κ1) is 15.2. The van der Waals surface area contributed by atoms with Crippen LogP contribution in [0.4, 0.5) is 10.1 Å². The maximum absolute atomic E-state index is 13.4. The van der Waals surface area contributed by atoms with E-state index in [0.717, 1.165) is 22.0 Å². The Morgan fingerprint density at radius 1 is 1.17 bits per heavy atom. The van der Waals surface area contributed by atoms with Crippen molar-refractivity contribution in [2.24, 2.45) is 7.05 Å². The van der Waals surface area contributed by atoms with Crippen molar-refractivity contribution in [3.05, 3.63) is 58.4 Å². The molecule has 0 N–H and O–H groups in total. The number of halogens is 2. The summed E-state index contributed by atoms with van der Waals surface area (Å²) >= 11 is 0. The molecule has 2 aromatic rings. The molecule has 2 aliphatic rings. The number of non-ortho nitro benzene ring substituents is 1. The molecule has 5 nitrogen and oxygen atoms in total. The van der Waals surface area contributed by atoms with Crippen LogP contribution in [-0.4, -0.2) is 14.5 Å². The van der Waals surface area contributed by atoms with Crippen LogP contribution in [0.3, 0.4) is 0 Å². The molecule has 0 saturated carbocycles. The number of nitro benzene ring substituents is 1. The summed E-state index contributed by atoms with van der Waals surface area (Å²) in [4.78, 5) is 15.0. The van der Waals surface area contributed by atoms with Crippen LogP contribution in [0.2, 0.25) is 0 Å². The van der Waals surface area contributed by atoms with Gasteiger partial charge in [-0.25, -0.2) is 9.37 Å². The van der Waals surface area contributed by atoms with Gasteiger partial charge in [0.2, 0.25) is 0 Å². The van der Waals surface area contributed by atoms with E-state index in [0.29, 0.717) is 11.2 Å². The summed E-state index contributed by atoms with van der Waals surface area (Å²) in [5.41, 5.74) is 3.05. The number of rotatable bonds is 1. The zero-order valence-electron chi connectivity index (χ0n) is 12.0. The van der Waals surface area contributed by atoms with Crippen LogP contribution in [-0.2, 0) is 7.05 Å². The minimum atomic E-state index is -0.422. The van der Waals surface area contributed by atoms with Crippen LogP contribution in [0, 0.1) is 15.9 Å². The Hall–Kier alpha value is -2.73. The summed E-state index contributed by atoms with van der Waals surface area (Å²) < 4.78 is 15.3. The van der Waals surface area contributed by atoms with Crippen molar-refractivity contribution in [2.45, 2.75) is 0 Å². The number of aromatic nitrogens is 2. The quantitative estimate of drug-likeness (QED) is 0.386. The summed E-state index contributed by atoms with van der Waals surface area (Å²) in [5, 5.41) is 12.4. The molecule has 0 spiro atoms. The van der Waals surface area contributed by atoms with Gasteiger partial charge in [0, 0.05) is 35.5 Å². The normalized spacial score (nSPS) is 11.0. The summed E-state index contributed by atoms with van der Waals surface area (Å²) in [6.45, 7) is 0. The van der Waals surface area contributed by atoms with Gasteiger partial charge in [0.25, 0.3) is 5.69 Å². The predicted octanol–water partition coefficient (Wildman–Crippen LogP) is 4.30. The summed E-state index contributed by atoms with van der Waals surface area (Å²) in [7, 11) is 1.85. The molecule has 0 fully saturated rings. The van der Waals surface area contributed by atoms with Gasteiger partial charge < -0.3 is 4.57 Å². The molecular weight excluding hydrogens is 321 g/mol. The molecule has 116 valence electrons. The SMILES string of the molecule is Cl.Cn1c2c3cc([N+](=O)[O-])ccc3nc-2cc2cc(F)ccc21. The largest absolute Gasteiger partial charge is 0.342 e. The minimum absolute atomic E-state index is 0. The number of aryl methyl sites for hydroxylation is 1. The summed E-state index contributed by atoms with van der Waals surface area (Å²) in [5.74, 6) is -0.307. The van der Waals surface area contributed by atoms with Crippen molar-refractivity contribution in [1.82, 2.24) is 9.55 Å². The lowest BCUT2D eigenvalue weighted by molar-refractivity contribution is -0.384. The predicted molar refractivity (Wildman–Crippen MR) is 88.7 cm³/mol. The van der Waals surface area contributed by atoms with E-state index in [1.165, 1.54) is 24.3 Å². The first-order chi connectivity index (χ1) is 10.5. The standard InChI is InChI=1S/C16H10FN3O2.ClH/c1-19-15-5-2-10(17)6-9(15)7-14-16(19)12-8-11(20(21)22)3-4-13(12)18-14;/h2-8H,1H3;1H. The van der Waals surface area contributed by atoms with Crippen molar-refractivity contribution in [1.29, 1.82) is 0 Å². The maximum Gasteiger partial charge on any atom is 0.270 e. The van der Waals surface area contributed by atoms with E-state index in [1.807, 2.05) is 11.6 Å². The number of pyridine rings is 1. The monoisotopic (exact) mass is 331 g/mol. The van der Waals surface area contributed by atoms with Gasteiger partial charge in [0.05, 0.1) is 21.8 Å². The molecule has 2 aliphatic heterocycles. The van der Waals surface area contributed by atoms with E-state index in [4.69, 9.17) is 0 Å². The van der Waals surface area contributed by atoms with Gasteiger partial charge >= 0.3 is 0 Å². The number of hydrogen-bond acceptors (Lipinski definition) is 3. The van der Waals surface area contributed by atoms with E-state index < -0.39 is 4.92 Å². The van der Waals surface area contributed by atoms with Crippen molar-refractivity contribution in [2.75, 3.05) is 0 Å². The molecule has 0 saturated heterocycles. The van der Waals surface area contributed by atoms with Crippen LogP contribution >= 0.6 is 12.4 Å². The molecule has 23 heavy (non-hydrogen) atoms. The lowest BCUT2D eigenvalue weighted by Crippen LogP contribution is -1.99. The number of fused-ring (bicyclic) bond motifs is 4. The van der Waals surface area contributed by atoms with E-state index in [1.54, 1.807) is 18.2 Å². The molecule has 0 aliphatic carbocycles. The highest BCUT2D eigenvalue weighted by Gasteiger charge is 2.19. The highest BCUT2D eigenvalue weighted by atomic mass is 35.5. The molecule has 0 atom stereocenters. The fourth-order valence-corrected chi connectivity index (χ4v) is 2.91. The number of hydrogen-bond donors (Lipinski definition) is 0. The third-order valence-corrected chi connectivity index (χ3v) is 3.91. The summed E-state index contributed by atoms with van der Waals surface area (Å²) in [6, 6.07) is 11.0. The molecule has 0 bridgehead atoms. The minimum Gasteiger partial charge on any atom is -0.342 e. The van der Waals surface area contributed by atoms with Gasteiger partial charge in [-0.2, -0.15) is 0 Å². The van der Waals surface area contributed by atoms with Crippen LogP contribution in [0.15, 0.2) is 42.5 Å². The second-order valence-corrected chi connectivity index (χ2v) is 5.21. The van der Waals surface area contributed by atoms with Gasteiger partial charge in [0.15, 0.2) is 0 Å². The Balaban J connectivity index is 0.00000156. The van der Waals surface area contributed by atoms with E-state index in [2.05, 4.69) is 4.98 Å². The molecule has 2 aromatic carbocycles. The third kappa shape index (κ3) is 2.19. The smallest absolute Gasteiger partial charge is 0.270 e. The molecule has 0 amide bonds. The highest BCUT2D eigenvalue weighted by Crippen LogP contribution is 2.35. The second-order valence-electron chi connectivity index (χ2n) is 5.21. The first-order valence-electron chi connectivity index (χ1n) is 6.67. The zero-order chi connectivity index (χ0) is 15.4. The van der Waals surface area contributed by atoms with Crippen LogP contribution < -0.4 is 0 Å². The summed E-state index contributed by atoms with van der Waals surface area (Å²) in [6.07, 6.45) is 0. The molecule has 7 heteroatoms. The lowest BCUT2D eigenvalue weighted by atomic mass is 10.1. The second kappa shape index (κ2) is 5.17. The Bertz CT molecular complexity index is 1040. The Kier molecular flexibility index (Phi) is 3.41. The molecular formula is C16H11ClFN3O2. The van der Waals surface area contributed by atoms with Gasteiger partial charge in [-0.15, -0.1) is 12.4 Å². The van der Waals surface area contributed by atoms with E-state index in [-0.39, 0.29) is 23.9 Å². The Labute approximate surface area is 136 Å². The van der Waals surface area contributed by atoms with Gasteiger partial charge in [-0.05, 0) is 30.3 Å². The Morgan fingerprint density at radius 2 is 1.96 bits per heavy atom. The van der Waals surface area contributed by atoms with Crippen molar-refractivity contribution in [3.8, 4) is 11.4 Å². The maximum atomic E-state index is 13.4. The van der Waals surface area contributed by atoms with Crippen molar-refractivity contribution < 1.29 is 9.31 Å². The van der Waals surface area contributed by atoms with Crippen molar-refractivity contribution in [3.63, 3.8) is 0 Å². The van der Waals surface area contributed by atoms with Crippen LogP contribution in [0.1, 0.15) is 0 Å². The first-order valence-corrected chi connectivity index (χ1v) is 6.67. The average molecular weight is 332 g/mol. The zero-order valence-corrected chi connectivity index (χ0v) is 12.8. The third-order valence-electron chi connectivity index (χ3n) is 3.91. The van der Waals surface area contributed by atoms with E-state index in [9.17, 15) is 14.5 Å². The van der Waals surface area contributed by atoms with Gasteiger partial charge in [-0.1, -0.05) is 0 Å². The van der Waals surface area contributed by atoms with Gasteiger partial charge in [0.1, 0.15) is 5.82 Å². The van der Waals surface area contributed by atoms with E-state index >= 15 is 0 Å². The fraction of sp³-hybridized carbons (Fsp3) is 0.0625. The fourth-order valence-electron chi connectivity index (χ4n) is 2.91. The number of benzene rings is 2. The topological polar surface area (TPSA) is 61.0 Å². The Morgan fingerprint density at radius 3 is 2.70 bits per heavy atom. The molecule has 0 radical (unpaired) electrons.